The van der Waals surface area contributed by atoms with E-state index in [1.54, 1.807) is 0 Å². The summed E-state index contributed by atoms with van der Waals surface area (Å²) in [5.74, 6) is -0.474. The van der Waals surface area contributed by atoms with Crippen molar-refractivity contribution in [2.45, 2.75) is 244 Å². The number of aliphatic hydroxyl groups excluding tert-OH is 3. The molecule has 0 heterocycles. The van der Waals surface area contributed by atoms with Crippen LogP contribution in [0.2, 0.25) is 0 Å². The number of hydrogen-bond acceptors (Lipinski definition) is 4. The van der Waals surface area contributed by atoms with Gasteiger partial charge < -0.3 is 20.6 Å². The highest BCUT2D eigenvalue weighted by atomic mass is 16.3. The number of nitrogens with one attached hydrogen (secondary N) is 1. The molecule has 0 saturated heterocycles. The van der Waals surface area contributed by atoms with Crippen molar-refractivity contribution in [3.05, 3.63) is 24.3 Å². The predicted octanol–water partition coefficient (Wildman–Crippen LogP) is 12.2. The van der Waals surface area contributed by atoms with E-state index in [2.05, 4.69) is 43.5 Å². The lowest BCUT2D eigenvalue weighted by atomic mass is 10.0. The summed E-state index contributed by atoms with van der Waals surface area (Å²) in [6, 6.07) is -0.712. The fourth-order valence-corrected chi connectivity index (χ4v) is 6.65. The molecule has 3 unspecified atom stereocenters. The van der Waals surface area contributed by atoms with Crippen molar-refractivity contribution in [1.29, 1.82) is 0 Å². The second-order valence-electron chi connectivity index (χ2n) is 14.9. The molecule has 0 aliphatic rings. The van der Waals surface area contributed by atoms with Crippen LogP contribution < -0.4 is 5.32 Å². The van der Waals surface area contributed by atoms with Gasteiger partial charge in [0.25, 0.3) is 0 Å². The molecule has 49 heavy (non-hydrogen) atoms. The van der Waals surface area contributed by atoms with Gasteiger partial charge in [0, 0.05) is 0 Å². The quantitative estimate of drug-likeness (QED) is 0.0381. The van der Waals surface area contributed by atoms with Gasteiger partial charge in [0.05, 0.1) is 18.8 Å². The Morgan fingerprint density at radius 3 is 1.22 bits per heavy atom. The Bertz CT molecular complexity index is 724. The fraction of sp³-hybridized carbons (Fsp3) is 0.886. The number of rotatable bonds is 39. The number of carbonyl (C=O) groups is 1. The number of carbonyl (C=O) groups excluding carboxylic acids is 1. The molecule has 290 valence electrons. The normalized spacial score (nSPS) is 13.8. The molecule has 0 aromatic rings. The van der Waals surface area contributed by atoms with Gasteiger partial charge in [0.2, 0.25) is 5.91 Å². The van der Waals surface area contributed by atoms with Crippen LogP contribution in [0.4, 0.5) is 0 Å². The molecule has 5 heteroatoms. The first-order chi connectivity index (χ1) is 24.1. The lowest BCUT2D eigenvalue weighted by Crippen LogP contribution is -2.49. The largest absolute Gasteiger partial charge is 0.394 e. The van der Waals surface area contributed by atoms with Crippen molar-refractivity contribution in [2.24, 2.45) is 0 Å². The van der Waals surface area contributed by atoms with Gasteiger partial charge in [-0.25, -0.2) is 0 Å². The third kappa shape index (κ3) is 35.0. The maximum atomic E-state index is 12.5. The lowest BCUT2D eigenvalue weighted by molar-refractivity contribution is -0.131. The average molecular weight is 692 g/mol. The summed E-state index contributed by atoms with van der Waals surface area (Å²) in [6.45, 7) is 4.21. The van der Waals surface area contributed by atoms with Crippen molar-refractivity contribution in [3.8, 4) is 0 Å². The average Bonchev–Trinajstić information content (AvgIpc) is 3.11. The molecule has 0 bridgehead atoms. The Balaban J connectivity index is 3.63. The Morgan fingerprint density at radius 2 is 0.816 bits per heavy atom. The van der Waals surface area contributed by atoms with E-state index in [1.807, 2.05) is 0 Å². The van der Waals surface area contributed by atoms with Gasteiger partial charge in [0.15, 0.2) is 0 Å². The topological polar surface area (TPSA) is 89.8 Å². The molecule has 0 spiro atoms. The van der Waals surface area contributed by atoms with Gasteiger partial charge in [-0.15, -0.1) is 0 Å². The summed E-state index contributed by atoms with van der Waals surface area (Å²) in [7, 11) is 0. The van der Waals surface area contributed by atoms with Gasteiger partial charge in [-0.1, -0.05) is 212 Å². The summed E-state index contributed by atoms with van der Waals surface area (Å²) in [6.07, 6.45) is 47.4. The summed E-state index contributed by atoms with van der Waals surface area (Å²) in [5, 5.41) is 33.3. The first-order valence-electron chi connectivity index (χ1n) is 21.7. The number of allylic oxidation sites excluding steroid dienone is 4. The minimum Gasteiger partial charge on any atom is -0.394 e. The van der Waals surface area contributed by atoms with E-state index in [-0.39, 0.29) is 6.61 Å². The maximum Gasteiger partial charge on any atom is 0.249 e. The van der Waals surface area contributed by atoms with Crippen LogP contribution in [0.5, 0.6) is 0 Å². The molecule has 4 N–H and O–H groups in total. The van der Waals surface area contributed by atoms with Crippen molar-refractivity contribution >= 4 is 5.91 Å². The van der Waals surface area contributed by atoms with Crippen molar-refractivity contribution in [1.82, 2.24) is 5.32 Å². The Labute approximate surface area is 305 Å². The molecule has 0 aromatic heterocycles. The predicted molar refractivity (Wildman–Crippen MR) is 213 cm³/mol. The van der Waals surface area contributed by atoms with Crippen LogP contribution in [0, 0.1) is 0 Å². The van der Waals surface area contributed by atoms with Gasteiger partial charge in [-0.2, -0.15) is 0 Å². The Kier molecular flexibility index (Phi) is 38.7. The highest BCUT2D eigenvalue weighted by Gasteiger charge is 2.23. The summed E-state index contributed by atoms with van der Waals surface area (Å²) in [4.78, 5) is 12.5. The molecule has 3 atom stereocenters. The molecule has 0 radical (unpaired) electrons. The van der Waals surface area contributed by atoms with E-state index in [9.17, 15) is 20.1 Å². The van der Waals surface area contributed by atoms with Crippen molar-refractivity contribution < 1.29 is 20.1 Å². The van der Waals surface area contributed by atoms with Crippen LogP contribution in [0.15, 0.2) is 24.3 Å². The van der Waals surface area contributed by atoms with Crippen LogP contribution >= 0.6 is 0 Å². The SMILES string of the molecule is CCCCC/C=C\C=C/CCCCCCCCCCCC(O)C(=O)NC(CO)C(O)CCCCCCCCCCCCCCCCCCC. The van der Waals surface area contributed by atoms with Gasteiger partial charge in [-0.3, -0.25) is 4.79 Å². The first kappa shape index (κ1) is 47.8. The second-order valence-corrected chi connectivity index (χ2v) is 14.9. The zero-order chi connectivity index (χ0) is 35.9. The minimum atomic E-state index is -1.08. The zero-order valence-electron chi connectivity index (χ0n) is 32.8. The standard InChI is InChI=1S/C44H85NO4/c1-3-5-7-9-11-13-15-17-19-21-23-25-27-29-31-33-35-37-39-43(48)44(49)45-41(40-46)42(47)38-36-34-32-30-28-26-24-22-20-18-16-14-12-10-8-6-4-2/h11,13,15,17,41-43,46-48H,3-10,12,14,16,18-40H2,1-2H3,(H,45,49)/b13-11-,17-15-. The fourth-order valence-electron chi connectivity index (χ4n) is 6.65. The molecule has 0 saturated carbocycles. The Morgan fingerprint density at radius 1 is 0.490 bits per heavy atom. The smallest absolute Gasteiger partial charge is 0.249 e. The molecule has 0 aliphatic carbocycles. The Hall–Kier alpha value is -1.17. The maximum absolute atomic E-state index is 12.5. The van der Waals surface area contributed by atoms with Crippen LogP contribution in [0.1, 0.15) is 226 Å². The van der Waals surface area contributed by atoms with E-state index in [1.165, 1.54) is 167 Å². The molecular weight excluding hydrogens is 606 g/mol. The summed E-state index contributed by atoms with van der Waals surface area (Å²) in [5.41, 5.74) is 0. The van der Waals surface area contributed by atoms with Crippen LogP contribution in [-0.4, -0.2) is 46.1 Å². The third-order valence-corrected chi connectivity index (χ3v) is 10.1. The van der Waals surface area contributed by atoms with E-state index in [0.29, 0.717) is 12.8 Å². The zero-order valence-corrected chi connectivity index (χ0v) is 32.8. The summed E-state index contributed by atoms with van der Waals surface area (Å²) < 4.78 is 0. The monoisotopic (exact) mass is 692 g/mol. The molecular formula is C44H85NO4. The molecule has 0 fully saturated rings. The van der Waals surface area contributed by atoms with Gasteiger partial charge in [0.1, 0.15) is 6.10 Å². The molecule has 0 aromatic carbocycles. The van der Waals surface area contributed by atoms with E-state index in [0.717, 1.165) is 32.1 Å². The minimum absolute atomic E-state index is 0.314. The second kappa shape index (κ2) is 39.6. The number of hydrogen-bond donors (Lipinski definition) is 4. The van der Waals surface area contributed by atoms with Crippen LogP contribution in [0.25, 0.3) is 0 Å². The highest BCUT2D eigenvalue weighted by molar-refractivity contribution is 5.80. The summed E-state index contributed by atoms with van der Waals surface area (Å²) >= 11 is 0. The van der Waals surface area contributed by atoms with Crippen LogP contribution in [-0.2, 0) is 4.79 Å². The van der Waals surface area contributed by atoms with Crippen molar-refractivity contribution in [2.75, 3.05) is 6.61 Å². The molecule has 0 rings (SSSR count). The molecule has 1 amide bonds. The van der Waals surface area contributed by atoms with Gasteiger partial charge >= 0.3 is 0 Å². The number of unbranched alkanes of at least 4 members (excludes halogenated alkanes) is 28. The van der Waals surface area contributed by atoms with E-state index in [4.69, 9.17) is 0 Å². The third-order valence-electron chi connectivity index (χ3n) is 10.1. The van der Waals surface area contributed by atoms with Gasteiger partial charge in [-0.05, 0) is 38.5 Å². The van der Waals surface area contributed by atoms with E-state index >= 15 is 0 Å². The molecule has 0 aliphatic heterocycles. The van der Waals surface area contributed by atoms with Crippen molar-refractivity contribution in [3.63, 3.8) is 0 Å². The number of aliphatic hydroxyl groups is 3. The molecule has 5 nitrogen and oxygen atoms in total. The first-order valence-corrected chi connectivity index (χ1v) is 21.7. The van der Waals surface area contributed by atoms with E-state index < -0.39 is 24.2 Å². The van der Waals surface area contributed by atoms with Crippen LogP contribution in [0.3, 0.4) is 0 Å². The lowest BCUT2D eigenvalue weighted by Gasteiger charge is -2.23. The number of amides is 1. The highest BCUT2D eigenvalue weighted by Crippen LogP contribution is 2.16.